The molecule has 5 heteroatoms. The molecule has 2 atom stereocenters. The number of hydrogen-bond donors (Lipinski definition) is 2. The fourth-order valence-electron chi connectivity index (χ4n) is 2.31. The Morgan fingerprint density at radius 2 is 2.00 bits per heavy atom. The molecule has 5 nitrogen and oxygen atoms in total. The quantitative estimate of drug-likeness (QED) is 0.792. The average molecular weight is 256 g/mol. The lowest BCUT2D eigenvalue weighted by Crippen LogP contribution is -2.47. The van der Waals surface area contributed by atoms with Crippen LogP contribution in [0.2, 0.25) is 0 Å². The molecule has 1 rings (SSSR count). The second kappa shape index (κ2) is 5.16. The molecule has 0 aromatic carbocycles. The van der Waals surface area contributed by atoms with E-state index in [0.717, 1.165) is 19.3 Å². The maximum atomic E-state index is 11.7. The van der Waals surface area contributed by atoms with E-state index in [-0.39, 0.29) is 11.9 Å². The molecule has 1 aliphatic rings. The minimum Gasteiger partial charge on any atom is -0.444 e. The lowest BCUT2D eigenvalue weighted by molar-refractivity contribution is -0.128. The van der Waals surface area contributed by atoms with Gasteiger partial charge in [0.05, 0.1) is 0 Å². The first-order valence-electron chi connectivity index (χ1n) is 6.42. The fourth-order valence-corrected chi connectivity index (χ4v) is 2.31. The second-order valence-corrected chi connectivity index (χ2v) is 6.36. The summed E-state index contributed by atoms with van der Waals surface area (Å²) in [4.78, 5) is 23.1. The first-order valence-corrected chi connectivity index (χ1v) is 6.42. The third-order valence-corrected chi connectivity index (χ3v) is 3.29. The van der Waals surface area contributed by atoms with Gasteiger partial charge in [-0.1, -0.05) is 13.3 Å². The molecule has 0 bridgehead atoms. The molecule has 1 aliphatic carbocycles. The first kappa shape index (κ1) is 14.8. The molecule has 0 spiro atoms. The largest absolute Gasteiger partial charge is 0.444 e. The number of amides is 2. The van der Waals surface area contributed by atoms with Crippen molar-refractivity contribution in [2.75, 3.05) is 0 Å². The average Bonchev–Trinajstić information content (AvgIpc) is 2.13. The van der Waals surface area contributed by atoms with Crippen molar-refractivity contribution in [3.05, 3.63) is 0 Å². The van der Waals surface area contributed by atoms with Gasteiger partial charge in [0.2, 0.25) is 5.91 Å². The number of primary amides is 1. The first-order chi connectivity index (χ1) is 8.12. The van der Waals surface area contributed by atoms with Crippen LogP contribution in [0.3, 0.4) is 0 Å². The molecule has 18 heavy (non-hydrogen) atoms. The number of carbonyl (C=O) groups excluding carboxylic acids is 2. The van der Waals surface area contributed by atoms with Crippen LogP contribution in [-0.4, -0.2) is 23.6 Å². The predicted octanol–water partition coefficient (Wildman–Crippen LogP) is 1.95. The van der Waals surface area contributed by atoms with Crippen LogP contribution < -0.4 is 11.1 Å². The highest BCUT2D eigenvalue weighted by atomic mass is 16.6. The molecule has 0 aromatic heterocycles. The van der Waals surface area contributed by atoms with Gasteiger partial charge in [0.1, 0.15) is 5.60 Å². The lowest BCUT2D eigenvalue weighted by Gasteiger charge is -2.36. The van der Waals surface area contributed by atoms with Gasteiger partial charge in [0, 0.05) is 11.5 Å². The molecule has 0 heterocycles. The molecule has 0 unspecified atom stereocenters. The van der Waals surface area contributed by atoms with E-state index in [2.05, 4.69) is 5.32 Å². The Labute approximate surface area is 108 Å². The smallest absolute Gasteiger partial charge is 0.407 e. The standard InChI is InChI=1S/C13H24N2O3/c1-12(2,3)18-11(17)15-9-6-5-7-13(4,8-9)10(14)16/h9H,5-8H2,1-4H3,(H2,14,16)(H,15,17)/t9-,13-/m1/s1. The Morgan fingerprint density at radius 1 is 1.39 bits per heavy atom. The van der Waals surface area contributed by atoms with Gasteiger partial charge in [0.25, 0.3) is 0 Å². The zero-order valence-corrected chi connectivity index (χ0v) is 11.7. The summed E-state index contributed by atoms with van der Waals surface area (Å²) in [5.41, 5.74) is 4.39. The number of carbonyl (C=O) groups is 2. The number of rotatable bonds is 2. The highest BCUT2D eigenvalue weighted by molar-refractivity contribution is 5.80. The maximum Gasteiger partial charge on any atom is 0.407 e. The van der Waals surface area contributed by atoms with E-state index in [1.807, 2.05) is 27.7 Å². The summed E-state index contributed by atoms with van der Waals surface area (Å²) < 4.78 is 5.20. The normalized spacial score (nSPS) is 28.6. The van der Waals surface area contributed by atoms with Gasteiger partial charge >= 0.3 is 6.09 Å². The summed E-state index contributed by atoms with van der Waals surface area (Å²) in [7, 11) is 0. The van der Waals surface area contributed by atoms with Crippen molar-refractivity contribution >= 4 is 12.0 Å². The van der Waals surface area contributed by atoms with Gasteiger partial charge in [-0.05, 0) is 40.0 Å². The highest BCUT2D eigenvalue weighted by Crippen LogP contribution is 2.35. The van der Waals surface area contributed by atoms with Crippen molar-refractivity contribution < 1.29 is 14.3 Å². The Balaban J connectivity index is 2.53. The molecule has 1 fully saturated rings. The van der Waals surface area contributed by atoms with Gasteiger partial charge < -0.3 is 15.8 Å². The van der Waals surface area contributed by atoms with Crippen LogP contribution in [0, 0.1) is 5.41 Å². The molecule has 3 N–H and O–H groups in total. The summed E-state index contributed by atoms with van der Waals surface area (Å²) in [6.07, 6.45) is 2.69. The third-order valence-electron chi connectivity index (χ3n) is 3.29. The summed E-state index contributed by atoms with van der Waals surface area (Å²) in [5, 5.41) is 2.82. The Hall–Kier alpha value is -1.26. The Morgan fingerprint density at radius 3 is 2.50 bits per heavy atom. The van der Waals surface area contributed by atoms with Crippen molar-refractivity contribution in [1.82, 2.24) is 5.32 Å². The summed E-state index contributed by atoms with van der Waals surface area (Å²) in [6, 6.07) is -0.0360. The van der Waals surface area contributed by atoms with E-state index >= 15 is 0 Å². The highest BCUT2D eigenvalue weighted by Gasteiger charge is 2.37. The van der Waals surface area contributed by atoms with E-state index < -0.39 is 17.1 Å². The molecule has 0 radical (unpaired) electrons. The van der Waals surface area contributed by atoms with Crippen LogP contribution in [0.1, 0.15) is 53.4 Å². The Kier molecular flexibility index (Phi) is 4.24. The van der Waals surface area contributed by atoms with E-state index in [1.54, 1.807) is 0 Å². The van der Waals surface area contributed by atoms with E-state index in [1.165, 1.54) is 0 Å². The topological polar surface area (TPSA) is 81.4 Å². The lowest BCUT2D eigenvalue weighted by atomic mass is 9.73. The SMILES string of the molecule is CC(C)(C)OC(=O)N[C@@H]1CCC[C@@](C)(C(N)=O)C1. The summed E-state index contributed by atoms with van der Waals surface area (Å²) >= 11 is 0. The minimum atomic E-state index is -0.516. The number of alkyl carbamates (subject to hydrolysis) is 1. The van der Waals surface area contributed by atoms with Crippen LogP contribution in [0.25, 0.3) is 0 Å². The van der Waals surface area contributed by atoms with Crippen molar-refractivity contribution in [2.45, 2.75) is 65.0 Å². The van der Waals surface area contributed by atoms with Gasteiger partial charge in [-0.3, -0.25) is 4.79 Å². The molecular formula is C13H24N2O3. The van der Waals surface area contributed by atoms with Crippen LogP contribution in [0.15, 0.2) is 0 Å². The number of nitrogens with two attached hydrogens (primary N) is 1. The monoisotopic (exact) mass is 256 g/mol. The van der Waals surface area contributed by atoms with Crippen molar-refractivity contribution in [3.8, 4) is 0 Å². The van der Waals surface area contributed by atoms with E-state index in [0.29, 0.717) is 6.42 Å². The third kappa shape index (κ3) is 4.20. The number of ether oxygens (including phenoxy) is 1. The van der Waals surface area contributed by atoms with E-state index in [9.17, 15) is 9.59 Å². The van der Waals surface area contributed by atoms with Gasteiger partial charge in [-0.25, -0.2) is 4.79 Å². The number of hydrogen-bond acceptors (Lipinski definition) is 3. The second-order valence-electron chi connectivity index (χ2n) is 6.36. The maximum absolute atomic E-state index is 11.7. The van der Waals surface area contributed by atoms with Gasteiger partial charge in [-0.15, -0.1) is 0 Å². The molecule has 104 valence electrons. The number of nitrogens with one attached hydrogen (secondary N) is 1. The minimum absolute atomic E-state index is 0.0360. The van der Waals surface area contributed by atoms with Gasteiger partial charge in [-0.2, -0.15) is 0 Å². The van der Waals surface area contributed by atoms with Gasteiger partial charge in [0.15, 0.2) is 0 Å². The van der Waals surface area contributed by atoms with Crippen LogP contribution in [-0.2, 0) is 9.53 Å². The zero-order valence-electron chi connectivity index (χ0n) is 11.7. The van der Waals surface area contributed by atoms with Crippen molar-refractivity contribution in [1.29, 1.82) is 0 Å². The molecule has 2 amide bonds. The van der Waals surface area contributed by atoms with Crippen LogP contribution in [0.5, 0.6) is 0 Å². The zero-order chi connectivity index (χ0) is 14.0. The summed E-state index contributed by atoms with van der Waals surface area (Å²) in [5.74, 6) is -0.293. The van der Waals surface area contributed by atoms with Crippen LogP contribution >= 0.6 is 0 Å². The fraction of sp³-hybridized carbons (Fsp3) is 0.846. The molecular weight excluding hydrogens is 232 g/mol. The van der Waals surface area contributed by atoms with Crippen molar-refractivity contribution in [3.63, 3.8) is 0 Å². The molecule has 0 aromatic rings. The van der Waals surface area contributed by atoms with E-state index in [4.69, 9.17) is 10.5 Å². The van der Waals surface area contributed by atoms with Crippen molar-refractivity contribution in [2.24, 2.45) is 11.1 Å². The summed E-state index contributed by atoms with van der Waals surface area (Å²) in [6.45, 7) is 7.32. The van der Waals surface area contributed by atoms with Crippen LogP contribution in [0.4, 0.5) is 4.79 Å². The predicted molar refractivity (Wildman–Crippen MR) is 68.9 cm³/mol. The molecule has 0 aliphatic heterocycles. The molecule has 0 saturated heterocycles. The Bertz CT molecular complexity index is 336. The molecule has 1 saturated carbocycles.